The van der Waals surface area contributed by atoms with Crippen molar-refractivity contribution >= 4 is 38.9 Å². The van der Waals surface area contributed by atoms with E-state index in [0.717, 1.165) is 42.4 Å². The molecule has 5 rings (SSSR count). The molecule has 12 heteroatoms. The van der Waals surface area contributed by atoms with E-state index in [9.17, 15) is 13.2 Å². The van der Waals surface area contributed by atoms with E-state index in [4.69, 9.17) is 15.8 Å². The number of carbonyl (C=O) groups is 1. The van der Waals surface area contributed by atoms with Crippen molar-refractivity contribution in [1.82, 2.24) is 19.5 Å². The molecular weight excluding hydrogens is 504 g/mol. The molecule has 3 aromatic rings. The number of aromatic nitrogens is 3. The largest absolute Gasteiger partial charge is 0.359 e. The molecule has 38 heavy (non-hydrogen) atoms. The van der Waals surface area contributed by atoms with Gasteiger partial charge in [-0.1, -0.05) is 18.6 Å². The Bertz CT molecular complexity index is 1470. The van der Waals surface area contributed by atoms with E-state index in [1.165, 1.54) is 0 Å². The number of hydrogen-bond donors (Lipinski definition) is 2. The van der Waals surface area contributed by atoms with Crippen molar-refractivity contribution in [3.8, 4) is 0 Å². The quantitative estimate of drug-likeness (QED) is 0.507. The molecule has 4 heterocycles. The van der Waals surface area contributed by atoms with Gasteiger partial charge in [-0.15, -0.1) is 0 Å². The van der Waals surface area contributed by atoms with Crippen LogP contribution in [-0.4, -0.2) is 79.3 Å². The maximum absolute atomic E-state index is 13.8. The van der Waals surface area contributed by atoms with Gasteiger partial charge in [0.25, 0.3) is 5.91 Å². The zero-order valence-corrected chi connectivity index (χ0v) is 23.2. The third kappa shape index (κ3) is 5.02. The smallest absolute Gasteiger partial charge is 0.256 e. The van der Waals surface area contributed by atoms with Crippen molar-refractivity contribution in [3.63, 3.8) is 0 Å². The summed E-state index contributed by atoms with van der Waals surface area (Å²) >= 11 is 0. The lowest BCUT2D eigenvalue weighted by Crippen LogP contribution is -2.32. The summed E-state index contributed by atoms with van der Waals surface area (Å²) in [6.45, 7) is 5.93. The minimum absolute atomic E-state index is 0.0846. The monoisotopic (exact) mass is 540 g/mol. The molecule has 0 spiro atoms. The number of nitrogens with one attached hydrogen (secondary N) is 1. The third-order valence-corrected chi connectivity index (χ3v) is 8.80. The molecule has 0 saturated carbocycles. The number of aryl methyl sites for hydroxylation is 1. The second kappa shape index (κ2) is 10.1. The van der Waals surface area contributed by atoms with Crippen molar-refractivity contribution < 1.29 is 13.2 Å². The van der Waals surface area contributed by atoms with Gasteiger partial charge < -0.3 is 20.4 Å². The molecular formula is C26H36N8O3S. The van der Waals surface area contributed by atoms with E-state index in [1.54, 1.807) is 34.7 Å². The number of nitrogens with zero attached hydrogens (tertiary/aromatic N) is 6. The summed E-state index contributed by atoms with van der Waals surface area (Å²) in [6.07, 6.45) is 1.91. The second-order valence-electron chi connectivity index (χ2n) is 10.4. The van der Waals surface area contributed by atoms with Crippen LogP contribution < -0.4 is 20.3 Å². The van der Waals surface area contributed by atoms with Crippen LogP contribution in [0, 0.1) is 6.92 Å². The summed E-state index contributed by atoms with van der Waals surface area (Å²) in [7, 11) is -0.0154. The van der Waals surface area contributed by atoms with Crippen molar-refractivity contribution in [1.29, 1.82) is 0 Å². The number of hydrogen-bond acceptors (Lipinski definition) is 8. The van der Waals surface area contributed by atoms with Crippen LogP contribution in [0.25, 0.3) is 5.65 Å². The van der Waals surface area contributed by atoms with Gasteiger partial charge in [0.1, 0.15) is 11.6 Å². The van der Waals surface area contributed by atoms with Gasteiger partial charge in [0.05, 0.1) is 28.7 Å². The third-order valence-electron chi connectivity index (χ3n) is 7.45. The minimum Gasteiger partial charge on any atom is -0.359 e. The maximum Gasteiger partial charge on any atom is 0.256 e. The number of anilines is 3. The van der Waals surface area contributed by atoms with Gasteiger partial charge in [0, 0.05) is 51.9 Å². The van der Waals surface area contributed by atoms with Crippen molar-refractivity contribution in [2.75, 3.05) is 54.0 Å². The Kier molecular flexibility index (Phi) is 6.95. The first kappa shape index (κ1) is 26.2. The van der Waals surface area contributed by atoms with Crippen molar-refractivity contribution in [2.45, 2.75) is 45.2 Å². The van der Waals surface area contributed by atoms with E-state index in [-0.39, 0.29) is 29.4 Å². The van der Waals surface area contributed by atoms with Gasteiger partial charge in [0.2, 0.25) is 10.0 Å². The first-order valence-corrected chi connectivity index (χ1v) is 14.7. The average molecular weight is 541 g/mol. The van der Waals surface area contributed by atoms with Gasteiger partial charge >= 0.3 is 0 Å². The average Bonchev–Trinajstić information content (AvgIpc) is 3.49. The highest BCUT2D eigenvalue weighted by atomic mass is 32.2. The molecule has 2 aliphatic rings. The lowest BCUT2D eigenvalue weighted by molar-refractivity contribution is 0.0723. The van der Waals surface area contributed by atoms with Gasteiger partial charge in [-0.05, 0) is 38.3 Å². The highest BCUT2D eigenvalue weighted by molar-refractivity contribution is 7.92. The Balaban J connectivity index is 1.65. The van der Waals surface area contributed by atoms with E-state index in [2.05, 4.69) is 9.62 Å². The molecule has 2 bridgehead atoms. The number of benzene rings is 1. The summed E-state index contributed by atoms with van der Waals surface area (Å²) in [5.41, 5.74) is 9.05. The summed E-state index contributed by atoms with van der Waals surface area (Å²) in [5.74, 6) is 1.26. The molecule has 0 radical (unpaired) electrons. The standard InChI is InChI=1S/C26H36N8O3S/c1-5-22-21-14-24-28-23(33-11-9-18(27)16-33)15-25(34(24)29-21)31(3)10-6-12-38(36,37)30-20-8-7-17(2)13-19(20)26(35)32(22)4/h7-8,13-15,18,22,30H,5-6,9-12,16,27H2,1-4H3. The predicted molar refractivity (Wildman–Crippen MR) is 149 cm³/mol. The first-order chi connectivity index (χ1) is 18.1. The number of amides is 1. The molecule has 1 saturated heterocycles. The molecule has 3 N–H and O–H groups in total. The van der Waals surface area contributed by atoms with E-state index in [1.807, 2.05) is 37.9 Å². The molecule has 1 aromatic carbocycles. The number of fused-ring (bicyclic) bond motifs is 2. The van der Waals surface area contributed by atoms with Gasteiger partial charge in [0.15, 0.2) is 5.65 Å². The zero-order valence-electron chi connectivity index (χ0n) is 22.4. The van der Waals surface area contributed by atoms with Crippen molar-refractivity contribution in [2.24, 2.45) is 5.73 Å². The Morgan fingerprint density at radius 3 is 2.66 bits per heavy atom. The van der Waals surface area contributed by atoms with Crippen LogP contribution in [0.3, 0.4) is 0 Å². The molecule has 1 amide bonds. The van der Waals surface area contributed by atoms with E-state index >= 15 is 0 Å². The second-order valence-corrected chi connectivity index (χ2v) is 12.2. The topological polar surface area (TPSA) is 129 Å². The lowest BCUT2D eigenvalue weighted by atomic mass is 10.1. The van der Waals surface area contributed by atoms with Crippen LogP contribution in [0.4, 0.5) is 17.3 Å². The fourth-order valence-corrected chi connectivity index (χ4v) is 6.44. The van der Waals surface area contributed by atoms with Crippen LogP contribution >= 0.6 is 0 Å². The van der Waals surface area contributed by atoms with Crippen LogP contribution in [-0.2, 0) is 10.0 Å². The normalized spacial score (nSPS) is 22.3. The predicted octanol–water partition coefficient (Wildman–Crippen LogP) is 2.38. The SMILES string of the molecule is CCC1c2cc3nc(N4CCC(N)C4)cc(n3n2)N(C)CCCS(=O)(=O)Nc2ccc(C)cc2C(=O)N1C. The van der Waals surface area contributed by atoms with Crippen LogP contribution in [0.15, 0.2) is 30.3 Å². The van der Waals surface area contributed by atoms with Crippen molar-refractivity contribution in [3.05, 3.63) is 47.2 Å². The zero-order chi connectivity index (χ0) is 27.2. The number of carbonyl (C=O) groups excluding carboxylic acids is 1. The fraction of sp³-hybridized carbons (Fsp3) is 0.500. The first-order valence-electron chi connectivity index (χ1n) is 13.1. The number of sulfonamides is 1. The highest BCUT2D eigenvalue weighted by Gasteiger charge is 2.29. The minimum atomic E-state index is -3.68. The molecule has 2 unspecified atom stereocenters. The van der Waals surface area contributed by atoms with Gasteiger partial charge in [-0.25, -0.2) is 13.4 Å². The Morgan fingerprint density at radius 1 is 1.16 bits per heavy atom. The summed E-state index contributed by atoms with van der Waals surface area (Å²) in [6, 6.07) is 8.89. The summed E-state index contributed by atoms with van der Waals surface area (Å²) in [4.78, 5) is 24.5. The molecule has 11 nitrogen and oxygen atoms in total. The highest BCUT2D eigenvalue weighted by Crippen LogP contribution is 2.31. The van der Waals surface area contributed by atoms with Crippen LogP contribution in [0.2, 0.25) is 0 Å². The molecule has 2 aliphatic heterocycles. The number of rotatable bonds is 2. The lowest BCUT2D eigenvalue weighted by Gasteiger charge is -2.27. The molecule has 1 fully saturated rings. The maximum atomic E-state index is 13.8. The molecule has 2 atom stereocenters. The fourth-order valence-electron chi connectivity index (χ4n) is 5.32. The number of nitrogens with two attached hydrogens (primary N) is 1. The summed E-state index contributed by atoms with van der Waals surface area (Å²) < 4.78 is 30.5. The van der Waals surface area contributed by atoms with Gasteiger partial charge in [-0.2, -0.15) is 9.61 Å². The molecule has 0 aliphatic carbocycles. The Labute approximate surface area is 223 Å². The summed E-state index contributed by atoms with van der Waals surface area (Å²) in [5, 5.41) is 4.92. The molecule has 204 valence electrons. The molecule has 2 aromatic heterocycles. The van der Waals surface area contributed by atoms with Crippen LogP contribution in [0.1, 0.15) is 53.8 Å². The van der Waals surface area contributed by atoms with E-state index < -0.39 is 10.0 Å². The Hall–Kier alpha value is -3.38. The van der Waals surface area contributed by atoms with Crippen LogP contribution in [0.5, 0.6) is 0 Å². The van der Waals surface area contributed by atoms with Gasteiger partial charge in [-0.3, -0.25) is 9.52 Å². The Morgan fingerprint density at radius 2 is 1.95 bits per heavy atom. The van der Waals surface area contributed by atoms with E-state index in [0.29, 0.717) is 30.6 Å².